The molecule has 1 saturated carbocycles. The second kappa shape index (κ2) is 22.3. The van der Waals surface area contributed by atoms with Crippen LogP contribution in [0, 0.1) is 41.4 Å². The zero-order chi connectivity index (χ0) is 48.5. The summed E-state index contributed by atoms with van der Waals surface area (Å²) in [5, 5.41) is 8.70. The zero-order valence-corrected chi connectivity index (χ0v) is 37.3. The minimum absolute atomic E-state index is 0.148. The first kappa shape index (κ1) is 55.5. The van der Waals surface area contributed by atoms with Crippen molar-refractivity contribution in [2.45, 2.75) is 115 Å². The van der Waals surface area contributed by atoms with Crippen LogP contribution in [0.2, 0.25) is 0 Å². The van der Waals surface area contributed by atoms with E-state index in [2.05, 4.69) is 9.47 Å². The van der Waals surface area contributed by atoms with Crippen molar-refractivity contribution in [3.8, 4) is 0 Å². The highest BCUT2D eigenvalue weighted by molar-refractivity contribution is 5.89. The lowest BCUT2D eigenvalue weighted by Gasteiger charge is -2.38. The number of aliphatic hydroxyl groups is 1. The summed E-state index contributed by atoms with van der Waals surface area (Å²) in [6.07, 6.45) is -0.860. The van der Waals surface area contributed by atoms with Gasteiger partial charge in [0.15, 0.2) is 24.0 Å². The van der Waals surface area contributed by atoms with Crippen LogP contribution in [0.15, 0.2) is 0 Å². The molecular formula is C41H62F8O15. The van der Waals surface area contributed by atoms with Crippen LogP contribution in [0.25, 0.3) is 0 Å². The Kier molecular flexibility index (Phi) is 19.4. The molecule has 4 atom stereocenters. The number of aliphatic hydroxyl groups excluding tert-OH is 1. The van der Waals surface area contributed by atoms with Crippen molar-refractivity contribution in [3.63, 3.8) is 0 Å². The summed E-state index contributed by atoms with van der Waals surface area (Å²) in [5.41, 5.74) is 0. The van der Waals surface area contributed by atoms with Gasteiger partial charge in [0.2, 0.25) is 0 Å². The summed E-state index contributed by atoms with van der Waals surface area (Å²) in [5.74, 6) is -38.5. The van der Waals surface area contributed by atoms with Gasteiger partial charge in [-0.1, -0.05) is 0 Å². The molecule has 23 heteroatoms. The smallest absolute Gasteiger partial charge is 0.381 e. The highest BCUT2D eigenvalue weighted by Gasteiger charge is 2.80. The van der Waals surface area contributed by atoms with Crippen LogP contribution in [0.1, 0.15) is 74.1 Å². The molecule has 64 heavy (non-hydrogen) atoms. The second-order valence-electron chi connectivity index (χ2n) is 17.9. The molecule has 4 rings (SSSR count). The molecule has 0 bridgehead atoms. The standard InChI is InChI=1S/C34H48F8O12.C7H14O3/c1-19(43)22-11-24(28(46)50-18-32(37,38)34(41,42)33(39,40)31(35,36)17-47-6)25(27(45)49-10-8-21-15-53-30(4,5)54-16-21)12-23(22)26(44)48-9-7-20-13-51-29(2,3)52-14-20;1-7(2)9-4-6(3-8)5-10-7/h20-25H,7-18H2,1-6H3;6,8H,3-5H2,1-2H3. The molecule has 4 unspecified atom stereocenters. The van der Waals surface area contributed by atoms with E-state index >= 15 is 0 Å². The van der Waals surface area contributed by atoms with E-state index in [1.165, 1.54) is 0 Å². The molecule has 0 aromatic carbocycles. The van der Waals surface area contributed by atoms with E-state index in [1.54, 1.807) is 27.7 Å². The Labute approximate surface area is 366 Å². The molecule has 1 N–H and O–H groups in total. The van der Waals surface area contributed by atoms with Gasteiger partial charge in [-0.15, -0.1) is 0 Å². The van der Waals surface area contributed by atoms with E-state index < -0.39 is 114 Å². The Bertz CT molecular complexity index is 1530. The molecule has 4 fully saturated rings. The van der Waals surface area contributed by atoms with Crippen LogP contribution in [-0.4, -0.2) is 150 Å². The Morgan fingerprint density at radius 1 is 0.531 bits per heavy atom. The number of esters is 3. The average Bonchev–Trinajstić information content (AvgIpc) is 3.20. The van der Waals surface area contributed by atoms with E-state index in [9.17, 15) is 54.3 Å². The van der Waals surface area contributed by atoms with E-state index in [-0.39, 0.29) is 57.2 Å². The Morgan fingerprint density at radius 2 is 0.844 bits per heavy atom. The number of rotatable bonds is 18. The summed E-state index contributed by atoms with van der Waals surface area (Å²) in [6.45, 7) is 8.48. The zero-order valence-electron chi connectivity index (χ0n) is 37.3. The first-order chi connectivity index (χ1) is 29.4. The van der Waals surface area contributed by atoms with Crippen molar-refractivity contribution >= 4 is 23.7 Å². The number of hydrogen-bond donors (Lipinski definition) is 1. The Morgan fingerprint density at radius 3 is 1.19 bits per heavy atom. The van der Waals surface area contributed by atoms with Crippen molar-refractivity contribution in [3.05, 3.63) is 0 Å². The van der Waals surface area contributed by atoms with Gasteiger partial charge >= 0.3 is 41.6 Å². The van der Waals surface area contributed by atoms with E-state index in [4.69, 9.17) is 43.0 Å². The lowest BCUT2D eigenvalue weighted by molar-refractivity contribution is -0.374. The topological polar surface area (TPSA) is 181 Å². The van der Waals surface area contributed by atoms with Gasteiger partial charge in [0.25, 0.3) is 0 Å². The normalized spacial score (nSPS) is 26.0. The first-order valence-electron chi connectivity index (χ1n) is 20.9. The van der Waals surface area contributed by atoms with Crippen LogP contribution >= 0.6 is 0 Å². The third-order valence-electron chi connectivity index (χ3n) is 11.3. The number of carbonyl (C=O) groups is 4. The molecule has 0 aromatic heterocycles. The van der Waals surface area contributed by atoms with Gasteiger partial charge in [0, 0.05) is 30.8 Å². The minimum atomic E-state index is -6.77. The van der Waals surface area contributed by atoms with Gasteiger partial charge in [-0.25, -0.2) is 0 Å². The molecule has 0 aromatic rings. The van der Waals surface area contributed by atoms with Gasteiger partial charge in [-0.05, 0) is 74.1 Å². The van der Waals surface area contributed by atoms with Gasteiger partial charge in [-0.2, -0.15) is 35.1 Å². The van der Waals surface area contributed by atoms with Gasteiger partial charge in [0.05, 0.1) is 77.2 Å². The van der Waals surface area contributed by atoms with Crippen LogP contribution < -0.4 is 0 Å². The van der Waals surface area contributed by atoms with E-state index in [0.29, 0.717) is 40.0 Å². The predicted octanol–water partition coefficient (Wildman–Crippen LogP) is 5.61. The molecule has 372 valence electrons. The molecule has 1 aliphatic carbocycles. The van der Waals surface area contributed by atoms with Crippen molar-refractivity contribution in [1.82, 2.24) is 0 Å². The molecule has 4 aliphatic rings. The maximum Gasteiger partial charge on any atom is 0.381 e. The van der Waals surface area contributed by atoms with E-state index in [1.807, 2.05) is 13.8 Å². The predicted molar refractivity (Wildman–Crippen MR) is 203 cm³/mol. The number of Topliss-reactive ketones (excluding diaryl/α,β-unsaturated/α-hetero) is 1. The van der Waals surface area contributed by atoms with Crippen molar-refractivity contribution < 1.29 is 107 Å². The fourth-order valence-corrected chi connectivity index (χ4v) is 7.01. The first-order valence-corrected chi connectivity index (χ1v) is 20.9. The maximum atomic E-state index is 14.6. The SMILES string of the molecule is CC1(C)OCC(CO)CO1.COCC(F)(F)C(F)(F)C(F)(F)C(F)(F)COC(=O)C1CC(C(C)=O)C(C(=O)OCCC2COC(C)(C)OC2)CC1C(=O)OCCC1COC(C)(C)OC1. The molecule has 3 saturated heterocycles. The summed E-state index contributed by atoms with van der Waals surface area (Å²) in [6, 6.07) is 0. The monoisotopic (exact) mass is 946 g/mol. The third-order valence-corrected chi connectivity index (χ3v) is 11.3. The molecule has 0 amide bonds. The fourth-order valence-electron chi connectivity index (χ4n) is 7.01. The number of halogens is 8. The minimum Gasteiger partial charge on any atom is -0.465 e. The van der Waals surface area contributed by atoms with Crippen LogP contribution in [0.5, 0.6) is 0 Å². The number of ketones is 1. The fraction of sp³-hybridized carbons (Fsp3) is 0.902. The number of carbonyl (C=O) groups excluding carboxylic acids is 4. The van der Waals surface area contributed by atoms with E-state index in [0.717, 1.165) is 6.92 Å². The third kappa shape index (κ3) is 14.9. The number of hydrogen-bond acceptors (Lipinski definition) is 15. The van der Waals surface area contributed by atoms with Crippen LogP contribution in [0.4, 0.5) is 35.1 Å². The maximum absolute atomic E-state index is 14.6. The quantitative estimate of drug-likeness (QED) is 0.102. The summed E-state index contributed by atoms with van der Waals surface area (Å²) in [4.78, 5) is 52.7. The molecule has 0 radical (unpaired) electrons. The van der Waals surface area contributed by atoms with Crippen molar-refractivity contribution in [2.24, 2.45) is 41.4 Å². The second-order valence-corrected chi connectivity index (χ2v) is 17.9. The van der Waals surface area contributed by atoms with Gasteiger partial charge in [0.1, 0.15) is 12.4 Å². The van der Waals surface area contributed by atoms with Gasteiger partial charge in [-0.3, -0.25) is 19.2 Å². The van der Waals surface area contributed by atoms with Crippen molar-refractivity contribution in [1.29, 1.82) is 0 Å². The number of ether oxygens (including phenoxy) is 10. The summed E-state index contributed by atoms with van der Waals surface area (Å²) in [7, 11) is 0.453. The largest absolute Gasteiger partial charge is 0.465 e. The molecule has 0 spiro atoms. The van der Waals surface area contributed by atoms with Gasteiger partial charge < -0.3 is 52.5 Å². The Balaban J connectivity index is 0.000000955. The Hall–Kier alpha value is -2.80. The lowest BCUT2D eigenvalue weighted by atomic mass is 9.67. The molecule has 3 aliphatic heterocycles. The number of methoxy groups -OCH3 is 1. The highest BCUT2D eigenvalue weighted by Crippen LogP contribution is 2.53. The average molecular weight is 947 g/mol. The lowest BCUT2D eigenvalue weighted by Crippen LogP contribution is -2.64. The van der Waals surface area contributed by atoms with Crippen molar-refractivity contribution in [2.75, 3.05) is 79.8 Å². The van der Waals surface area contributed by atoms with Crippen LogP contribution in [0.3, 0.4) is 0 Å². The number of alkyl halides is 8. The molecular weight excluding hydrogens is 884 g/mol. The highest BCUT2D eigenvalue weighted by atomic mass is 19.4. The molecule has 15 nitrogen and oxygen atoms in total. The van der Waals surface area contributed by atoms with Crippen LogP contribution in [-0.2, 0) is 66.5 Å². The summed E-state index contributed by atoms with van der Waals surface area (Å²) < 4.78 is 165. The summed E-state index contributed by atoms with van der Waals surface area (Å²) >= 11 is 0. The molecule has 3 heterocycles.